The molecule has 116 valence electrons. The Hall–Kier alpha value is -2.83. The van der Waals surface area contributed by atoms with Gasteiger partial charge in [-0.1, -0.05) is 0 Å². The van der Waals surface area contributed by atoms with Crippen molar-refractivity contribution in [3.63, 3.8) is 0 Å². The lowest BCUT2D eigenvalue weighted by molar-refractivity contribution is -0.116. The van der Waals surface area contributed by atoms with Crippen LogP contribution < -0.4 is 10.1 Å². The van der Waals surface area contributed by atoms with Gasteiger partial charge < -0.3 is 15.2 Å². The lowest BCUT2D eigenvalue weighted by Crippen LogP contribution is -2.17. The van der Waals surface area contributed by atoms with Gasteiger partial charge in [0.2, 0.25) is 5.91 Å². The Morgan fingerprint density at radius 3 is 2.64 bits per heavy atom. The number of carboxylic acids is 1. The molecule has 0 aliphatic rings. The second-order valence-corrected chi connectivity index (χ2v) is 4.50. The van der Waals surface area contributed by atoms with Crippen LogP contribution in [0.25, 0.3) is 0 Å². The summed E-state index contributed by atoms with van der Waals surface area (Å²) in [6.07, 6.45) is 1.53. The summed E-state index contributed by atoms with van der Waals surface area (Å²) >= 11 is 0. The fourth-order valence-electron chi connectivity index (χ4n) is 1.92. The SMILES string of the molecule is CCOc1ccc(NC(=O)CCn2nccc2C(=O)O)cc1. The molecule has 0 saturated heterocycles. The first-order valence-corrected chi connectivity index (χ1v) is 6.88. The zero-order valence-corrected chi connectivity index (χ0v) is 12.2. The minimum absolute atomic E-state index is 0.0638. The van der Waals surface area contributed by atoms with Gasteiger partial charge in [0.15, 0.2) is 0 Å². The van der Waals surface area contributed by atoms with Gasteiger partial charge in [-0.3, -0.25) is 9.48 Å². The van der Waals surface area contributed by atoms with Gasteiger partial charge in [-0.25, -0.2) is 4.79 Å². The summed E-state index contributed by atoms with van der Waals surface area (Å²) in [4.78, 5) is 22.8. The Balaban J connectivity index is 1.87. The summed E-state index contributed by atoms with van der Waals surface area (Å²) in [5.41, 5.74) is 0.723. The molecule has 7 heteroatoms. The van der Waals surface area contributed by atoms with E-state index in [2.05, 4.69) is 10.4 Å². The van der Waals surface area contributed by atoms with Crippen LogP contribution in [0.15, 0.2) is 36.5 Å². The Bertz CT molecular complexity index is 649. The number of rotatable bonds is 7. The summed E-state index contributed by atoms with van der Waals surface area (Å²) in [6.45, 7) is 2.69. The fraction of sp³-hybridized carbons (Fsp3) is 0.267. The lowest BCUT2D eigenvalue weighted by atomic mass is 10.3. The molecular weight excluding hydrogens is 286 g/mol. The van der Waals surface area contributed by atoms with Crippen molar-refractivity contribution in [2.75, 3.05) is 11.9 Å². The van der Waals surface area contributed by atoms with Crippen LogP contribution in [0.3, 0.4) is 0 Å². The minimum Gasteiger partial charge on any atom is -0.494 e. The maximum absolute atomic E-state index is 11.9. The van der Waals surface area contributed by atoms with Gasteiger partial charge in [0.25, 0.3) is 0 Å². The van der Waals surface area contributed by atoms with E-state index in [-0.39, 0.29) is 24.6 Å². The normalized spacial score (nSPS) is 10.2. The minimum atomic E-state index is -1.07. The van der Waals surface area contributed by atoms with Crippen molar-refractivity contribution < 1.29 is 19.4 Å². The molecule has 0 spiro atoms. The van der Waals surface area contributed by atoms with E-state index in [1.165, 1.54) is 16.9 Å². The Morgan fingerprint density at radius 2 is 2.00 bits per heavy atom. The number of hydrogen-bond donors (Lipinski definition) is 2. The van der Waals surface area contributed by atoms with Gasteiger partial charge in [-0.15, -0.1) is 0 Å². The van der Waals surface area contributed by atoms with Crippen LogP contribution >= 0.6 is 0 Å². The molecule has 1 amide bonds. The van der Waals surface area contributed by atoms with Gasteiger partial charge >= 0.3 is 5.97 Å². The van der Waals surface area contributed by atoms with Gasteiger partial charge in [0.1, 0.15) is 11.4 Å². The first kappa shape index (κ1) is 15.6. The molecule has 0 radical (unpaired) electrons. The molecule has 2 rings (SSSR count). The van der Waals surface area contributed by atoms with Crippen LogP contribution in [-0.2, 0) is 11.3 Å². The number of aromatic carboxylic acids is 1. The van der Waals surface area contributed by atoms with Crippen molar-refractivity contribution in [2.24, 2.45) is 0 Å². The Morgan fingerprint density at radius 1 is 1.27 bits per heavy atom. The third-order valence-corrected chi connectivity index (χ3v) is 2.94. The standard InChI is InChI=1S/C15H17N3O4/c1-2-22-12-5-3-11(4-6-12)17-14(19)8-10-18-13(15(20)21)7-9-16-18/h3-7,9H,2,8,10H2,1H3,(H,17,19)(H,20,21). The highest BCUT2D eigenvalue weighted by Gasteiger charge is 2.11. The average molecular weight is 303 g/mol. The van der Waals surface area contributed by atoms with Crippen LogP contribution in [0.1, 0.15) is 23.8 Å². The number of nitrogens with one attached hydrogen (secondary N) is 1. The highest BCUT2D eigenvalue weighted by molar-refractivity contribution is 5.90. The quantitative estimate of drug-likeness (QED) is 0.816. The van der Waals surface area contributed by atoms with E-state index >= 15 is 0 Å². The monoisotopic (exact) mass is 303 g/mol. The zero-order chi connectivity index (χ0) is 15.9. The third kappa shape index (κ3) is 4.08. The van der Waals surface area contributed by atoms with Crippen molar-refractivity contribution in [3.05, 3.63) is 42.2 Å². The zero-order valence-electron chi connectivity index (χ0n) is 12.2. The lowest BCUT2D eigenvalue weighted by Gasteiger charge is -2.08. The predicted octanol–water partition coefficient (Wildman–Crippen LogP) is 2.01. The first-order valence-electron chi connectivity index (χ1n) is 6.88. The molecule has 0 aliphatic carbocycles. The first-order chi connectivity index (χ1) is 10.6. The van der Waals surface area contributed by atoms with Crippen molar-refractivity contribution in [1.29, 1.82) is 0 Å². The van der Waals surface area contributed by atoms with Crippen LogP contribution in [0.4, 0.5) is 5.69 Å². The van der Waals surface area contributed by atoms with E-state index in [0.29, 0.717) is 12.3 Å². The van der Waals surface area contributed by atoms with Gasteiger partial charge in [-0.2, -0.15) is 5.10 Å². The van der Waals surface area contributed by atoms with E-state index in [4.69, 9.17) is 9.84 Å². The number of carbonyl (C=O) groups is 2. The van der Waals surface area contributed by atoms with E-state index in [9.17, 15) is 9.59 Å². The average Bonchev–Trinajstić information content (AvgIpc) is 2.96. The largest absolute Gasteiger partial charge is 0.494 e. The van der Waals surface area contributed by atoms with Crippen LogP contribution in [0, 0.1) is 0 Å². The molecule has 1 aromatic heterocycles. The molecule has 0 bridgehead atoms. The maximum atomic E-state index is 11.9. The number of aromatic nitrogens is 2. The van der Waals surface area contributed by atoms with Gasteiger partial charge in [-0.05, 0) is 37.3 Å². The molecule has 0 saturated carbocycles. The highest BCUT2D eigenvalue weighted by Crippen LogP contribution is 2.15. The van der Waals surface area contributed by atoms with Crippen molar-refractivity contribution in [2.45, 2.75) is 19.9 Å². The molecule has 2 aromatic rings. The topological polar surface area (TPSA) is 93.5 Å². The molecule has 0 aliphatic heterocycles. The number of carbonyl (C=O) groups excluding carboxylic acids is 1. The highest BCUT2D eigenvalue weighted by atomic mass is 16.5. The summed E-state index contributed by atoms with van der Waals surface area (Å²) in [5.74, 6) is -0.538. The molecule has 1 aromatic carbocycles. The van der Waals surface area contributed by atoms with Crippen LogP contribution in [-0.4, -0.2) is 33.4 Å². The Kier molecular flexibility index (Phi) is 5.13. The number of carboxylic acid groups (broad SMARTS) is 1. The number of hydrogen-bond acceptors (Lipinski definition) is 4. The molecule has 0 unspecified atom stereocenters. The number of nitrogens with zero attached hydrogens (tertiary/aromatic N) is 2. The molecule has 7 nitrogen and oxygen atoms in total. The van der Waals surface area contributed by atoms with E-state index in [0.717, 1.165) is 5.75 Å². The second kappa shape index (κ2) is 7.26. The maximum Gasteiger partial charge on any atom is 0.354 e. The predicted molar refractivity (Wildman–Crippen MR) is 80.0 cm³/mol. The molecular formula is C15H17N3O4. The molecule has 2 N–H and O–H groups in total. The number of benzene rings is 1. The summed E-state index contributed by atoms with van der Waals surface area (Å²) < 4.78 is 6.61. The number of ether oxygens (including phenoxy) is 1. The van der Waals surface area contributed by atoms with E-state index in [1.54, 1.807) is 24.3 Å². The smallest absolute Gasteiger partial charge is 0.354 e. The number of anilines is 1. The number of aryl methyl sites for hydroxylation is 1. The molecule has 0 atom stereocenters. The third-order valence-electron chi connectivity index (χ3n) is 2.94. The number of amides is 1. The van der Waals surface area contributed by atoms with Gasteiger partial charge in [0.05, 0.1) is 13.2 Å². The fourth-order valence-corrected chi connectivity index (χ4v) is 1.92. The molecule has 0 fully saturated rings. The van der Waals surface area contributed by atoms with Crippen LogP contribution in [0.5, 0.6) is 5.75 Å². The second-order valence-electron chi connectivity index (χ2n) is 4.50. The van der Waals surface area contributed by atoms with Crippen molar-refractivity contribution >= 4 is 17.6 Å². The summed E-state index contributed by atoms with van der Waals surface area (Å²) in [6, 6.07) is 8.44. The van der Waals surface area contributed by atoms with E-state index in [1.807, 2.05) is 6.92 Å². The van der Waals surface area contributed by atoms with Crippen molar-refractivity contribution in [1.82, 2.24) is 9.78 Å². The molecule has 22 heavy (non-hydrogen) atoms. The van der Waals surface area contributed by atoms with Gasteiger partial charge in [0, 0.05) is 18.3 Å². The summed E-state index contributed by atoms with van der Waals surface area (Å²) in [5, 5.41) is 15.6. The Labute approximate surface area is 127 Å². The summed E-state index contributed by atoms with van der Waals surface area (Å²) in [7, 11) is 0. The molecule has 1 heterocycles. The van der Waals surface area contributed by atoms with E-state index < -0.39 is 5.97 Å². The van der Waals surface area contributed by atoms with Crippen molar-refractivity contribution in [3.8, 4) is 5.75 Å². The van der Waals surface area contributed by atoms with Crippen LogP contribution in [0.2, 0.25) is 0 Å².